The van der Waals surface area contributed by atoms with Crippen molar-refractivity contribution in [1.29, 1.82) is 0 Å². The molecule has 0 aliphatic carbocycles. The van der Waals surface area contributed by atoms with Crippen LogP contribution in [0.5, 0.6) is 0 Å². The maximum absolute atomic E-state index is 11.6. The first kappa shape index (κ1) is 15.0. The lowest BCUT2D eigenvalue weighted by Crippen LogP contribution is -2.27. The first-order valence-electron chi connectivity index (χ1n) is 6.35. The van der Waals surface area contributed by atoms with Gasteiger partial charge in [0.05, 0.1) is 17.8 Å². The van der Waals surface area contributed by atoms with Crippen molar-refractivity contribution in [3.05, 3.63) is 59.0 Å². The number of furan rings is 1. The molecule has 106 valence electrons. The highest BCUT2D eigenvalue weighted by atomic mass is 35.5. The highest BCUT2D eigenvalue weighted by Gasteiger charge is 2.03. The molecule has 1 aromatic heterocycles. The van der Waals surface area contributed by atoms with E-state index in [0.29, 0.717) is 12.3 Å². The molecule has 0 bridgehead atoms. The smallest absolute Gasteiger partial charge is 0.230 e. The van der Waals surface area contributed by atoms with E-state index in [4.69, 9.17) is 16.0 Å². The fraction of sp³-hybridized carbons (Fsp3) is 0.267. The number of halogens is 1. The van der Waals surface area contributed by atoms with Gasteiger partial charge in [-0.25, -0.2) is 0 Å². The Balaban J connectivity index is 1.59. The Kier molecular flexibility index (Phi) is 6.02. The van der Waals surface area contributed by atoms with E-state index in [1.54, 1.807) is 18.0 Å². The minimum atomic E-state index is 0.0514. The largest absolute Gasteiger partial charge is 0.468 e. The molecule has 0 spiro atoms. The van der Waals surface area contributed by atoms with Crippen LogP contribution in [0.4, 0.5) is 0 Å². The molecule has 20 heavy (non-hydrogen) atoms. The molecule has 5 heteroatoms. The Bertz CT molecular complexity index is 525. The molecule has 1 amide bonds. The maximum atomic E-state index is 11.6. The number of hydrogen-bond acceptors (Lipinski definition) is 3. The van der Waals surface area contributed by atoms with Crippen molar-refractivity contribution in [2.45, 2.75) is 12.2 Å². The van der Waals surface area contributed by atoms with Crippen LogP contribution < -0.4 is 5.32 Å². The van der Waals surface area contributed by atoms with Crippen molar-refractivity contribution in [3.63, 3.8) is 0 Å². The van der Waals surface area contributed by atoms with Crippen LogP contribution in [0.25, 0.3) is 0 Å². The normalized spacial score (nSPS) is 10.4. The van der Waals surface area contributed by atoms with Gasteiger partial charge in [0.1, 0.15) is 5.76 Å². The van der Waals surface area contributed by atoms with Crippen LogP contribution in [0.15, 0.2) is 47.1 Å². The Morgan fingerprint density at radius 3 is 2.75 bits per heavy atom. The summed E-state index contributed by atoms with van der Waals surface area (Å²) in [5, 5.41) is 3.63. The van der Waals surface area contributed by atoms with Crippen molar-refractivity contribution in [1.82, 2.24) is 5.32 Å². The Morgan fingerprint density at radius 1 is 1.25 bits per heavy atom. The topological polar surface area (TPSA) is 42.2 Å². The average molecular weight is 310 g/mol. The molecule has 0 unspecified atom stereocenters. The molecule has 1 heterocycles. The number of rotatable bonds is 7. The molecule has 0 saturated heterocycles. The standard InChI is InChI=1S/C15H16ClNO2S/c16-13-5-3-12(4-6-13)7-8-17-15(18)11-20-10-14-2-1-9-19-14/h1-6,9H,7-8,10-11H2,(H,17,18). The lowest BCUT2D eigenvalue weighted by Gasteiger charge is -2.05. The van der Waals surface area contributed by atoms with Crippen LogP contribution in [-0.2, 0) is 17.0 Å². The van der Waals surface area contributed by atoms with E-state index in [1.165, 1.54) is 0 Å². The Hall–Kier alpha value is -1.39. The summed E-state index contributed by atoms with van der Waals surface area (Å²) in [6, 6.07) is 11.4. The maximum Gasteiger partial charge on any atom is 0.230 e. The van der Waals surface area contributed by atoms with Crippen LogP contribution in [0.2, 0.25) is 5.02 Å². The summed E-state index contributed by atoms with van der Waals surface area (Å²) in [6.07, 6.45) is 2.45. The lowest BCUT2D eigenvalue weighted by molar-refractivity contribution is -0.118. The zero-order valence-corrected chi connectivity index (χ0v) is 12.5. The van der Waals surface area contributed by atoms with Gasteiger partial charge in [0, 0.05) is 11.6 Å². The number of hydrogen-bond donors (Lipinski definition) is 1. The van der Waals surface area contributed by atoms with Gasteiger partial charge in [0.25, 0.3) is 0 Å². The third kappa shape index (κ3) is 5.31. The van der Waals surface area contributed by atoms with Gasteiger partial charge in [0.15, 0.2) is 0 Å². The van der Waals surface area contributed by atoms with Crippen molar-refractivity contribution < 1.29 is 9.21 Å². The van der Waals surface area contributed by atoms with Gasteiger partial charge in [0.2, 0.25) is 5.91 Å². The predicted octanol–water partition coefficient (Wildman–Crippen LogP) is 3.53. The van der Waals surface area contributed by atoms with E-state index in [9.17, 15) is 4.79 Å². The predicted molar refractivity (Wildman–Crippen MR) is 83.0 cm³/mol. The molecule has 0 radical (unpaired) electrons. The van der Waals surface area contributed by atoms with E-state index < -0.39 is 0 Å². The van der Waals surface area contributed by atoms with Crippen LogP contribution >= 0.6 is 23.4 Å². The molecule has 1 N–H and O–H groups in total. The number of benzene rings is 1. The van der Waals surface area contributed by atoms with Crippen molar-refractivity contribution in [2.24, 2.45) is 0 Å². The van der Waals surface area contributed by atoms with E-state index in [1.807, 2.05) is 36.4 Å². The van der Waals surface area contributed by atoms with Gasteiger partial charge < -0.3 is 9.73 Å². The minimum Gasteiger partial charge on any atom is -0.468 e. The number of amides is 1. The summed E-state index contributed by atoms with van der Waals surface area (Å²) in [7, 11) is 0. The van der Waals surface area contributed by atoms with Crippen LogP contribution in [0, 0.1) is 0 Å². The molecule has 2 rings (SSSR count). The molecule has 0 aliphatic rings. The lowest BCUT2D eigenvalue weighted by atomic mass is 10.1. The van der Waals surface area contributed by atoms with E-state index in [2.05, 4.69) is 5.32 Å². The molecule has 0 fully saturated rings. The van der Waals surface area contributed by atoms with Gasteiger partial charge in [-0.05, 0) is 36.2 Å². The second kappa shape index (κ2) is 8.02. The Labute approximate surface area is 127 Å². The molecule has 0 aliphatic heterocycles. The summed E-state index contributed by atoms with van der Waals surface area (Å²) in [4.78, 5) is 11.6. The summed E-state index contributed by atoms with van der Waals surface area (Å²) in [5.74, 6) is 2.11. The van der Waals surface area contributed by atoms with Crippen LogP contribution in [-0.4, -0.2) is 18.2 Å². The zero-order valence-electron chi connectivity index (χ0n) is 11.0. The SMILES string of the molecule is O=C(CSCc1ccco1)NCCc1ccc(Cl)cc1. The summed E-state index contributed by atoms with van der Waals surface area (Å²) in [6.45, 7) is 0.641. The molecule has 2 aromatic rings. The quantitative estimate of drug-likeness (QED) is 0.851. The Morgan fingerprint density at radius 2 is 2.05 bits per heavy atom. The van der Waals surface area contributed by atoms with Crippen molar-refractivity contribution in [2.75, 3.05) is 12.3 Å². The minimum absolute atomic E-state index is 0.0514. The fourth-order valence-corrected chi connectivity index (χ4v) is 2.57. The van der Waals surface area contributed by atoms with E-state index in [0.717, 1.165) is 28.5 Å². The molecular weight excluding hydrogens is 294 g/mol. The molecule has 3 nitrogen and oxygen atoms in total. The first-order chi connectivity index (χ1) is 9.74. The number of thioether (sulfide) groups is 1. The third-order valence-electron chi connectivity index (χ3n) is 2.71. The molecule has 0 atom stereocenters. The van der Waals surface area contributed by atoms with Crippen molar-refractivity contribution in [3.8, 4) is 0 Å². The number of nitrogens with one attached hydrogen (secondary N) is 1. The second-order valence-corrected chi connectivity index (χ2v) is 5.72. The summed E-state index contributed by atoms with van der Waals surface area (Å²) in [5.41, 5.74) is 1.16. The molecule has 1 aromatic carbocycles. The zero-order chi connectivity index (χ0) is 14.2. The van der Waals surface area contributed by atoms with Crippen LogP contribution in [0.3, 0.4) is 0 Å². The second-order valence-electron chi connectivity index (χ2n) is 4.30. The van der Waals surface area contributed by atoms with Gasteiger partial charge in [-0.3, -0.25) is 4.79 Å². The van der Waals surface area contributed by atoms with Gasteiger partial charge in [-0.2, -0.15) is 0 Å². The first-order valence-corrected chi connectivity index (χ1v) is 7.88. The average Bonchev–Trinajstić information content (AvgIpc) is 2.94. The van der Waals surface area contributed by atoms with E-state index in [-0.39, 0.29) is 5.91 Å². The monoisotopic (exact) mass is 309 g/mol. The van der Waals surface area contributed by atoms with Crippen molar-refractivity contribution >= 4 is 29.3 Å². The van der Waals surface area contributed by atoms with Crippen LogP contribution in [0.1, 0.15) is 11.3 Å². The number of carbonyl (C=O) groups excluding carboxylic acids is 1. The van der Waals surface area contributed by atoms with Gasteiger partial charge >= 0.3 is 0 Å². The third-order valence-corrected chi connectivity index (χ3v) is 3.91. The number of carbonyl (C=O) groups is 1. The summed E-state index contributed by atoms with van der Waals surface area (Å²) >= 11 is 7.36. The fourth-order valence-electron chi connectivity index (χ4n) is 1.69. The molecule has 0 saturated carbocycles. The van der Waals surface area contributed by atoms with E-state index >= 15 is 0 Å². The molecular formula is C15H16ClNO2S. The summed E-state index contributed by atoms with van der Waals surface area (Å²) < 4.78 is 5.20. The highest BCUT2D eigenvalue weighted by Crippen LogP contribution is 2.12. The van der Waals surface area contributed by atoms with Gasteiger partial charge in [-0.1, -0.05) is 23.7 Å². The highest BCUT2D eigenvalue weighted by molar-refractivity contribution is 7.99. The van der Waals surface area contributed by atoms with Gasteiger partial charge in [-0.15, -0.1) is 11.8 Å².